The largest absolute Gasteiger partial charge is 0.497 e. The minimum Gasteiger partial charge on any atom is -0.497 e. The molecule has 0 aromatic heterocycles. The highest BCUT2D eigenvalue weighted by molar-refractivity contribution is 8.00. The van der Waals surface area contributed by atoms with Gasteiger partial charge in [-0.25, -0.2) is 0 Å². The summed E-state index contributed by atoms with van der Waals surface area (Å²) in [5.41, 5.74) is 9.91. The zero-order valence-electron chi connectivity index (χ0n) is 27.4. The summed E-state index contributed by atoms with van der Waals surface area (Å²) in [4.78, 5) is 28.9. The number of benzene rings is 3. The number of amides is 2. The molecule has 2 amide bonds. The molecule has 0 saturated carbocycles. The van der Waals surface area contributed by atoms with Crippen LogP contribution in [-0.2, 0) is 27.6 Å². The van der Waals surface area contributed by atoms with Crippen molar-refractivity contribution in [1.82, 2.24) is 15.5 Å². The van der Waals surface area contributed by atoms with Gasteiger partial charge in [0.2, 0.25) is 11.8 Å². The Balaban J connectivity index is 1.57. The van der Waals surface area contributed by atoms with Crippen molar-refractivity contribution >= 4 is 41.0 Å². The molecule has 0 spiro atoms. The van der Waals surface area contributed by atoms with Crippen LogP contribution in [0.2, 0.25) is 0 Å². The van der Waals surface area contributed by atoms with E-state index in [1.165, 1.54) is 0 Å². The van der Waals surface area contributed by atoms with Gasteiger partial charge in [-0.1, -0.05) is 36.4 Å². The van der Waals surface area contributed by atoms with Crippen molar-refractivity contribution < 1.29 is 19.1 Å². The second-order valence-electron chi connectivity index (χ2n) is 11.8. The van der Waals surface area contributed by atoms with Gasteiger partial charge in [-0.05, 0) is 80.8 Å². The molecule has 0 fully saturated rings. The lowest BCUT2D eigenvalue weighted by molar-refractivity contribution is -0.133. The third-order valence-electron chi connectivity index (χ3n) is 7.40. The zero-order valence-corrected chi connectivity index (χ0v) is 29.0. The number of thioether (sulfide) groups is 2. The van der Waals surface area contributed by atoms with E-state index < -0.39 is 9.49 Å². The van der Waals surface area contributed by atoms with Crippen molar-refractivity contribution in [3.05, 3.63) is 89.5 Å². The minimum absolute atomic E-state index is 0.0395. The Morgan fingerprint density at radius 2 is 1.18 bits per heavy atom. The van der Waals surface area contributed by atoms with Gasteiger partial charge >= 0.3 is 0 Å². The minimum atomic E-state index is -0.658. The number of nitrogens with two attached hydrogens (primary N) is 1. The van der Waals surface area contributed by atoms with Crippen molar-refractivity contribution in [3.63, 3.8) is 0 Å². The molecule has 3 aromatic rings. The van der Waals surface area contributed by atoms with E-state index in [9.17, 15) is 9.59 Å². The Hall–Kier alpha value is -3.34. The van der Waals surface area contributed by atoms with E-state index in [0.717, 1.165) is 33.9 Å². The summed E-state index contributed by atoms with van der Waals surface area (Å²) in [5.74, 6) is 3.00. The van der Waals surface area contributed by atoms with E-state index >= 15 is 0 Å². The lowest BCUT2D eigenvalue weighted by Gasteiger charge is -2.32. The van der Waals surface area contributed by atoms with Crippen LogP contribution in [0.15, 0.2) is 72.8 Å². The highest BCUT2D eigenvalue weighted by Crippen LogP contribution is 2.31. The first-order valence-corrected chi connectivity index (χ1v) is 17.1. The van der Waals surface area contributed by atoms with Crippen molar-refractivity contribution in [2.75, 3.05) is 46.1 Å². The molecule has 8 nitrogen and oxygen atoms in total. The maximum Gasteiger partial charge on any atom is 0.238 e. The summed E-state index contributed by atoms with van der Waals surface area (Å²) < 4.78 is 9.21. The second-order valence-corrected chi connectivity index (χ2v) is 15.0. The Bertz CT molecular complexity index is 1350. The third kappa shape index (κ3) is 11.8. The van der Waals surface area contributed by atoms with Gasteiger partial charge in [0.1, 0.15) is 11.5 Å². The average Bonchev–Trinajstić information content (AvgIpc) is 3.04. The normalized spacial score (nSPS) is 11.6. The molecule has 0 aliphatic carbocycles. The van der Waals surface area contributed by atoms with Gasteiger partial charge in [0, 0.05) is 49.9 Å². The van der Waals surface area contributed by atoms with E-state index in [1.54, 1.807) is 37.7 Å². The van der Waals surface area contributed by atoms with Crippen LogP contribution in [-0.4, -0.2) is 66.6 Å². The zero-order chi connectivity index (χ0) is 32.9. The molecule has 10 heteroatoms. The lowest BCUT2D eigenvalue weighted by Crippen LogP contribution is -2.50. The topological polar surface area (TPSA) is 106 Å². The molecule has 0 bridgehead atoms. The van der Waals surface area contributed by atoms with Crippen LogP contribution in [0.3, 0.4) is 0 Å². The summed E-state index contributed by atoms with van der Waals surface area (Å²) in [5, 5.41) is 6.52. The van der Waals surface area contributed by atoms with Crippen molar-refractivity contribution in [3.8, 4) is 11.5 Å². The molecule has 0 saturated heterocycles. The number of hydrogen-bond donors (Lipinski definition) is 3. The molecule has 0 atom stereocenters. The molecule has 0 unspecified atom stereocenters. The number of ether oxygens (including phenoxy) is 2. The SMILES string of the molecule is COc1ccc(CSC(C)(C)C(=O)NCCN(CCNCc2ccc(N)cc2)C(=O)C(C)(C)SCc2ccc(OC)cc2)cc1. The van der Waals surface area contributed by atoms with Crippen LogP contribution in [0.25, 0.3) is 0 Å². The molecule has 4 N–H and O–H groups in total. The number of rotatable bonds is 18. The van der Waals surface area contributed by atoms with Crippen LogP contribution < -0.4 is 25.8 Å². The first kappa shape index (κ1) is 36.1. The number of carbonyl (C=O) groups is 2. The average molecular weight is 653 g/mol. The molecular formula is C35H48N4O4S2. The molecule has 244 valence electrons. The number of nitrogens with zero attached hydrogens (tertiary/aromatic N) is 1. The van der Waals surface area contributed by atoms with Gasteiger partial charge in [0.25, 0.3) is 0 Å². The molecule has 0 aliphatic heterocycles. The lowest BCUT2D eigenvalue weighted by atomic mass is 10.1. The van der Waals surface area contributed by atoms with Crippen molar-refractivity contribution in [2.45, 2.75) is 55.2 Å². The van der Waals surface area contributed by atoms with Crippen molar-refractivity contribution in [2.24, 2.45) is 0 Å². The number of nitrogen functional groups attached to an aromatic ring is 1. The third-order valence-corrected chi connectivity index (χ3v) is 10.2. The highest BCUT2D eigenvalue weighted by atomic mass is 32.2. The number of methoxy groups -OCH3 is 2. The van der Waals surface area contributed by atoms with E-state index in [4.69, 9.17) is 15.2 Å². The van der Waals surface area contributed by atoms with Crippen LogP contribution in [0.4, 0.5) is 5.69 Å². The summed E-state index contributed by atoms with van der Waals surface area (Å²) in [7, 11) is 3.29. The van der Waals surface area contributed by atoms with Crippen LogP contribution in [0, 0.1) is 0 Å². The van der Waals surface area contributed by atoms with Gasteiger partial charge in [0.15, 0.2) is 0 Å². The smallest absolute Gasteiger partial charge is 0.238 e. The van der Waals surface area contributed by atoms with Crippen LogP contribution in [0.5, 0.6) is 11.5 Å². The summed E-state index contributed by atoms with van der Waals surface area (Å²) >= 11 is 3.19. The Morgan fingerprint density at radius 3 is 1.69 bits per heavy atom. The van der Waals surface area contributed by atoms with E-state index in [1.807, 2.05) is 105 Å². The Labute approximate surface area is 277 Å². The molecule has 3 rings (SSSR count). The van der Waals surface area contributed by atoms with Gasteiger partial charge in [-0.15, -0.1) is 23.5 Å². The Kier molecular flexibility index (Phi) is 14.0. The number of carbonyl (C=O) groups excluding carboxylic acids is 2. The maximum atomic E-state index is 13.9. The molecule has 0 radical (unpaired) electrons. The van der Waals surface area contributed by atoms with E-state index in [2.05, 4.69) is 10.6 Å². The fourth-order valence-corrected chi connectivity index (χ4v) is 6.29. The summed E-state index contributed by atoms with van der Waals surface area (Å²) in [6.45, 7) is 10.4. The standard InChI is InChI=1S/C35H48N4O4S2/c1-34(2,44-24-27-9-15-30(42-5)16-10-27)32(40)38-20-22-39(21-19-37-23-26-7-13-29(36)14-8-26)33(41)35(3,4)45-25-28-11-17-31(43-6)18-12-28/h7-18,37H,19-25,36H2,1-6H3,(H,38,40). The maximum absolute atomic E-state index is 13.9. The van der Waals surface area contributed by atoms with Gasteiger partial charge < -0.3 is 30.7 Å². The Morgan fingerprint density at radius 1 is 0.711 bits per heavy atom. The van der Waals surface area contributed by atoms with E-state index in [-0.39, 0.29) is 11.8 Å². The van der Waals surface area contributed by atoms with E-state index in [0.29, 0.717) is 44.2 Å². The fourth-order valence-electron chi connectivity index (χ4n) is 4.39. The summed E-state index contributed by atoms with van der Waals surface area (Å²) in [6, 6.07) is 23.5. The first-order chi connectivity index (χ1) is 21.4. The van der Waals surface area contributed by atoms with Gasteiger partial charge in [-0.2, -0.15) is 0 Å². The predicted octanol–water partition coefficient (Wildman–Crippen LogP) is 5.74. The molecule has 0 heterocycles. The number of hydrogen-bond acceptors (Lipinski definition) is 8. The van der Waals surface area contributed by atoms with Gasteiger partial charge in [0.05, 0.1) is 23.7 Å². The monoisotopic (exact) mass is 652 g/mol. The molecular weight excluding hydrogens is 605 g/mol. The highest BCUT2D eigenvalue weighted by Gasteiger charge is 2.33. The number of anilines is 1. The number of nitrogens with one attached hydrogen (secondary N) is 2. The summed E-state index contributed by atoms with van der Waals surface area (Å²) in [6.07, 6.45) is 0. The molecule has 0 aliphatic rings. The first-order valence-electron chi connectivity index (χ1n) is 15.1. The predicted molar refractivity (Wildman–Crippen MR) is 189 cm³/mol. The van der Waals surface area contributed by atoms with Crippen LogP contribution >= 0.6 is 23.5 Å². The fraction of sp³-hybridized carbons (Fsp3) is 0.429. The molecule has 45 heavy (non-hydrogen) atoms. The second kappa shape index (κ2) is 17.4. The van der Waals surface area contributed by atoms with Crippen molar-refractivity contribution in [1.29, 1.82) is 0 Å². The quantitative estimate of drug-likeness (QED) is 0.118. The van der Waals surface area contributed by atoms with Crippen LogP contribution in [0.1, 0.15) is 44.4 Å². The molecule has 3 aromatic carbocycles. The van der Waals surface area contributed by atoms with Gasteiger partial charge in [-0.3, -0.25) is 9.59 Å².